The standard InChI is InChI=1S/C21H23N5O4S/c27-20(4-7-26-6-1-5-23-26)25-9-17-18(10-25)30-12-15(11-29-17)24-21(28)14-2-3-19-16(8-14)22-13-31-19/h1-3,5-6,8,13,15,17-18H,4,7,9-12H2,(H,24,28)/t17-,18-/m0/s1. The molecule has 2 fully saturated rings. The van der Waals surface area contributed by atoms with Crippen molar-refractivity contribution in [3.05, 3.63) is 47.7 Å². The molecule has 2 amide bonds. The molecule has 10 heteroatoms. The maximum Gasteiger partial charge on any atom is 0.251 e. The molecule has 0 saturated carbocycles. The van der Waals surface area contributed by atoms with E-state index in [1.54, 1.807) is 44.8 Å². The zero-order chi connectivity index (χ0) is 21.2. The van der Waals surface area contributed by atoms with E-state index < -0.39 is 0 Å². The fraction of sp³-hybridized carbons (Fsp3) is 0.429. The number of likely N-dealkylation sites (tertiary alicyclic amines) is 1. The Morgan fingerprint density at radius 2 is 2.00 bits per heavy atom. The topological polar surface area (TPSA) is 98.6 Å². The molecule has 2 saturated heterocycles. The van der Waals surface area contributed by atoms with Gasteiger partial charge in [0.1, 0.15) is 12.2 Å². The van der Waals surface area contributed by atoms with Gasteiger partial charge in [-0.25, -0.2) is 4.98 Å². The number of aryl methyl sites for hydroxylation is 1. The summed E-state index contributed by atoms with van der Waals surface area (Å²) in [5.41, 5.74) is 3.15. The number of amides is 2. The van der Waals surface area contributed by atoms with Crippen molar-refractivity contribution in [2.24, 2.45) is 0 Å². The number of nitrogens with one attached hydrogen (secondary N) is 1. The second kappa shape index (κ2) is 8.74. The fourth-order valence-electron chi connectivity index (χ4n) is 3.95. The summed E-state index contributed by atoms with van der Waals surface area (Å²) in [7, 11) is 0. The Morgan fingerprint density at radius 1 is 1.19 bits per heavy atom. The zero-order valence-corrected chi connectivity index (χ0v) is 17.7. The number of fused-ring (bicyclic) bond motifs is 2. The molecular formula is C21H23N5O4S. The largest absolute Gasteiger partial charge is 0.371 e. The molecule has 31 heavy (non-hydrogen) atoms. The number of hydrogen-bond donors (Lipinski definition) is 1. The number of carbonyl (C=O) groups excluding carboxylic acids is 2. The van der Waals surface area contributed by atoms with Crippen molar-refractivity contribution >= 4 is 33.4 Å². The van der Waals surface area contributed by atoms with E-state index in [1.807, 2.05) is 18.3 Å². The van der Waals surface area contributed by atoms with Crippen LogP contribution in [0, 0.1) is 0 Å². The third-order valence-electron chi connectivity index (χ3n) is 5.63. The molecule has 5 rings (SSSR count). The lowest BCUT2D eigenvalue weighted by Crippen LogP contribution is -2.41. The second-order valence-corrected chi connectivity index (χ2v) is 8.65. The summed E-state index contributed by atoms with van der Waals surface area (Å²) in [6.45, 7) is 2.26. The van der Waals surface area contributed by atoms with E-state index in [2.05, 4.69) is 15.4 Å². The van der Waals surface area contributed by atoms with Gasteiger partial charge in [-0.05, 0) is 24.3 Å². The lowest BCUT2D eigenvalue weighted by Gasteiger charge is -2.19. The van der Waals surface area contributed by atoms with Crippen LogP contribution in [0.1, 0.15) is 16.8 Å². The maximum atomic E-state index is 12.6. The highest BCUT2D eigenvalue weighted by Crippen LogP contribution is 2.22. The fourth-order valence-corrected chi connectivity index (χ4v) is 4.61. The molecule has 1 N–H and O–H groups in total. The third-order valence-corrected chi connectivity index (χ3v) is 6.44. The number of ether oxygens (including phenoxy) is 2. The van der Waals surface area contributed by atoms with Crippen LogP contribution in [0.4, 0.5) is 0 Å². The minimum atomic E-state index is -0.242. The van der Waals surface area contributed by atoms with E-state index in [9.17, 15) is 9.59 Å². The average molecular weight is 442 g/mol. The molecule has 4 heterocycles. The van der Waals surface area contributed by atoms with E-state index in [0.29, 0.717) is 44.8 Å². The predicted octanol–water partition coefficient (Wildman–Crippen LogP) is 1.31. The lowest BCUT2D eigenvalue weighted by molar-refractivity contribution is -0.131. The predicted molar refractivity (Wildman–Crippen MR) is 114 cm³/mol. The van der Waals surface area contributed by atoms with Crippen molar-refractivity contribution in [1.82, 2.24) is 25.0 Å². The smallest absolute Gasteiger partial charge is 0.251 e. The van der Waals surface area contributed by atoms with Crippen LogP contribution in [0.3, 0.4) is 0 Å². The molecule has 2 aromatic heterocycles. The highest BCUT2D eigenvalue weighted by atomic mass is 32.1. The lowest BCUT2D eigenvalue weighted by atomic mass is 10.2. The normalized spacial score (nSPS) is 21.7. The van der Waals surface area contributed by atoms with Crippen LogP contribution in [0.5, 0.6) is 0 Å². The molecule has 3 aromatic rings. The first-order chi connectivity index (χ1) is 15.2. The van der Waals surface area contributed by atoms with Gasteiger partial charge in [-0.3, -0.25) is 14.3 Å². The van der Waals surface area contributed by atoms with E-state index in [0.717, 1.165) is 10.2 Å². The summed E-state index contributed by atoms with van der Waals surface area (Å²) in [6.07, 6.45) is 3.58. The van der Waals surface area contributed by atoms with Crippen molar-refractivity contribution in [1.29, 1.82) is 0 Å². The quantitative estimate of drug-likeness (QED) is 0.641. The van der Waals surface area contributed by atoms with Gasteiger partial charge >= 0.3 is 0 Å². The van der Waals surface area contributed by atoms with Gasteiger partial charge in [0, 0.05) is 44.0 Å². The van der Waals surface area contributed by atoms with Crippen molar-refractivity contribution < 1.29 is 19.1 Å². The molecular weight excluding hydrogens is 418 g/mol. The molecule has 0 bridgehead atoms. The molecule has 1 aromatic carbocycles. The number of hydrogen-bond acceptors (Lipinski definition) is 7. The van der Waals surface area contributed by atoms with E-state index >= 15 is 0 Å². The number of rotatable bonds is 5. The SMILES string of the molecule is O=C(NC1CO[C@H]2CN(C(=O)CCn3cccn3)C[C@@H]2OC1)c1ccc2scnc2c1. The van der Waals surface area contributed by atoms with Crippen molar-refractivity contribution in [3.63, 3.8) is 0 Å². The van der Waals surface area contributed by atoms with Crippen molar-refractivity contribution in [2.45, 2.75) is 31.2 Å². The molecule has 0 unspecified atom stereocenters. The Kier molecular flexibility index (Phi) is 5.66. The number of benzene rings is 1. The summed E-state index contributed by atoms with van der Waals surface area (Å²) in [4.78, 5) is 31.2. The van der Waals surface area contributed by atoms with Crippen molar-refractivity contribution in [2.75, 3.05) is 26.3 Å². The first kappa shape index (κ1) is 20.1. The summed E-state index contributed by atoms with van der Waals surface area (Å²) < 4.78 is 14.8. The summed E-state index contributed by atoms with van der Waals surface area (Å²) >= 11 is 1.54. The molecule has 0 radical (unpaired) electrons. The number of nitrogens with zero attached hydrogens (tertiary/aromatic N) is 4. The Balaban J connectivity index is 1.12. The van der Waals surface area contributed by atoms with Crippen LogP contribution in [0.15, 0.2) is 42.2 Å². The van der Waals surface area contributed by atoms with Gasteiger partial charge in [0.05, 0.1) is 35.0 Å². The summed E-state index contributed by atoms with van der Waals surface area (Å²) in [5, 5.41) is 7.11. The van der Waals surface area contributed by atoms with E-state index in [-0.39, 0.29) is 30.1 Å². The first-order valence-electron chi connectivity index (χ1n) is 10.3. The second-order valence-electron chi connectivity index (χ2n) is 7.77. The molecule has 2 aliphatic heterocycles. The molecule has 2 aliphatic rings. The van der Waals surface area contributed by atoms with E-state index in [4.69, 9.17) is 9.47 Å². The van der Waals surface area contributed by atoms with Gasteiger partial charge < -0.3 is 19.7 Å². The molecule has 0 spiro atoms. The number of aromatic nitrogens is 3. The summed E-state index contributed by atoms with van der Waals surface area (Å²) in [6, 6.07) is 7.10. The van der Waals surface area contributed by atoms with E-state index in [1.165, 1.54) is 0 Å². The van der Waals surface area contributed by atoms with Gasteiger partial charge in [-0.15, -0.1) is 11.3 Å². The number of carbonyl (C=O) groups is 2. The van der Waals surface area contributed by atoms with Gasteiger partial charge in [-0.2, -0.15) is 5.10 Å². The molecule has 162 valence electrons. The minimum Gasteiger partial charge on any atom is -0.371 e. The van der Waals surface area contributed by atoms with Crippen LogP contribution in [0.2, 0.25) is 0 Å². The molecule has 0 aliphatic carbocycles. The highest BCUT2D eigenvalue weighted by molar-refractivity contribution is 7.16. The molecule has 2 atom stereocenters. The zero-order valence-electron chi connectivity index (χ0n) is 16.8. The van der Waals surface area contributed by atoms with Crippen LogP contribution in [-0.2, 0) is 20.8 Å². The van der Waals surface area contributed by atoms with Crippen LogP contribution >= 0.6 is 11.3 Å². The van der Waals surface area contributed by atoms with Crippen molar-refractivity contribution in [3.8, 4) is 0 Å². The average Bonchev–Trinajstić information content (AvgIpc) is 3.52. The molecule has 9 nitrogen and oxygen atoms in total. The monoisotopic (exact) mass is 441 g/mol. The maximum absolute atomic E-state index is 12.6. The Bertz CT molecular complexity index is 1050. The highest BCUT2D eigenvalue weighted by Gasteiger charge is 2.39. The Labute approximate surface area is 182 Å². The van der Waals surface area contributed by atoms with Crippen LogP contribution in [0.25, 0.3) is 10.2 Å². The Morgan fingerprint density at radius 3 is 2.74 bits per heavy atom. The van der Waals surface area contributed by atoms with Crippen LogP contribution < -0.4 is 5.32 Å². The first-order valence-corrected chi connectivity index (χ1v) is 11.2. The van der Waals surface area contributed by atoms with Gasteiger partial charge in [0.2, 0.25) is 5.91 Å². The van der Waals surface area contributed by atoms with Gasteiger partial charge in [-0.1, -0.05) is 0 Å². The number of thiazole rings is 1. The van der Waals surface area contributed by atoms with Gasteiger partial charge in [0.25, 0.3) is 5.91 Å². The summed E-state index contributed by atoms with van der Waals surface area (Å²) in [5.74, 6) is -0.104. The van der Waals surface area contributed by atoms with Crippen LogP contribution in [-0.4, -0.2) is 76.0 Å². The van der Waals surface area contributed by atoms with Gasteiger partial charge in [0.15, 0.2) is 0 Å². The third kappa shape index (κ3) is 4.46. The minimum absolute atomic E-state index is 0.0676. The Hall–Kier alpha value is -2.82.